The molecule has 0 radical (unpaired) electrons. The molecule has 1 aromatic rings. The van der Waals surface area contributed by atoms with E-state index in [1.54, 1.807) is 16.6 Å². The third-order valence-electron chi connectivity index (χ3n) is 4.00. The maximum Gasteiger partial charge on any atom is 0.244 e. The van der Waals surface area contributed by atoms with E-state index in [9.17, 15) is 13.5 Å². The van der Waals surface area contributed by atoms with Crippen LogP contribution in [0.3, 0.4) is 0 Å². The zero-order valence-corrected chi connectivity index (χ0v) is 13.6. The van der Waals surface area contributed by atoms with Gasteiger partial charge in [0.05, 0.1) is 6.61 Å². The lowest BCUT2D eigenvalue weighted by Gasteiger charge is -2.32. The van der Waals surface area contributed by atoms with Gasteiger partial charge in [0.15, 0.2) is 0 Å². The topological polar surface area (TPSA) is 65.8 Å². The minimum atomic E-state index is -3.45. The summed E-state index contributed by atoms with van der Waals surface area (Å²) < 4.78 is 28.7. The Morgan fingerprint density at radius 3 is 2.38 bits per heavy atom. The monoisotopic (exact) mass is 315 g/mol. The second kappa shape index (κ2) is 6.91. The fourth-order valence-corrected chi connectivity index (χ4v) is 4.17. The first-order valence-corrected chi connectivity index (χ1v) is 8.99. The van der Waals surface area contributed by atoms with Gasteiger partial charge in [-0.05, 0) is 19.0 Å². The molecule has 0 unspecified atom stereocenters. The van der Waals surface area contributed by atoms with Crippen LogP contribution in [-0.4, -0.2) is 60.0 Å². The van der Waals surface area contributed by atoms with Crippen molar-refractivity contribution >= 4 is 10.0 Å². The summed E-state index contributed by atoms with van der Waals surface area (Å²) in [5.74, 6) is 0. The molecule has 0 spiro atoms. The number of aryl methyl sites for hydroxylation is 1. The molecule has 1 aliphatic heterocycles. The number of aliphatic hydroxyl groups excluding tert-OH is 1. The van der Waals surface area contributed by atoms with Gasteiger partial charge in [0, 0.05) is 44.6 Å². The predicted octanol–water partition coefficient (Wildman–Crippen LogP) is 0.717. The van der Waals surface area contributed by atoms with Gasteiger partial charge >= 0.3 is 0 Å². The van der Waals surface area contributed by atoms with Crippen molar-refractivity contribution in [2.45, 2.75) is 38.3 Å². The Kier molecular flexibility index (Phi) is 5.43. The van der Waals surface area contributed by atoms with Gasteiger partial charge < -0.3 is 14.6 Å². The summed E-state index contributed by atoms with van der Waals surface area (Å²) in [5.41, 5.74) is 0.655. The van der Waals surface area contributed by atoms with Gasteiger partial charge in [0.2, 0.25) is 10.0 Å². The molecule has 1 fully saturated rings. The lowest BCUT2D eigenvalue weighted by atomic mass is 10.4. The summed E-state index contributed by atoms with van der Waals surface area (Å²) in [7, 11) is -3.45. The molecular weight excluding hydrogens is 290 g/mol. The highest BCUT2D eigenvalue weighted by Crippen LogP contribution is 2.21. The van der Waals surface area contributed by atoms with Crippen molar-refractivity contribution in [2.24, 2.45) is 0 Å². The molecule has 1 saturated heterocycles. The van der Waals surface area contributed by atoms with Crippen LogP contribution in [0.5, 0.6) is 0 Å². The maximum atomic E-state index is 12.7. The first-order chi connectivity index (χ1) is 10.0. The molecule has 0 aliphatic carbocycles. The van der Waals surface area contributed by atoms with E-state index in [-0.39, 0.29) is 6.61 Å². The number of hydrogen-bond acceptors (Lipinski definition) is 4. The normalized spacial score (nSPS) is 18.2. The molecule has 0 aromatic carbocycles. The predicted molar refractivity (Wildman–Crippen MR) is 81.5 cm³/mol. The SMILES string of the molecule is CCCn1cc(S(=O)(=O)N2CCN(CC)CC2)cc1CO. The van der Waals surface area contributed by atoms with Crippen LogP contribution >= 0.6 is 0 Å². The Morgan fingerprint density at radius 1 is 1.19 bits per heavy atom. The molecule has 6 nitrogen and oxygen atoms in total. The Labute approximate surface area is 127 Å². The van der Waals surface area contributed by atoms with Crippen LogP contribution in [0.1, 0.15) is 26.0 Å². The number of aliphatic hydroxyl groups is 1. The first-order valence-electron chi connectivity index (χ1n) is 7.55. The maximum absolute atomic E-state index is 12.7. The summed E-state index contributed by atoms with van der Waals surface area (Å²) in [6, 6.07) is 1.59. The van der Waals surface area contributed by atoms with Crippen molar-refractivity contribution < 1.29 is 13.5 Å². The molecular formula is C14H25N3O3S. The first kappa shape index (κ1) is 16.5. The second-order valence-corrected chi connectivity index (χ2v) is 7.29. The number of hydrogen-bond donors (Lipinski definition) is 1. The summed E-state index contributed by atoms with van der Waals surface area (Å²) in [4.78, 5) is 2.54. The zero-order valence-electron chi connectivity index (χ0n) is 12.8. The third-order valence-corrected chi connectivity index (χ3v) is 5.87. The Hall–Kier alpha value is -0.890. The smallest absolute Gasteiger partial charge is 0.244 e. The Bertz CT molecular complexity index is 560. The second-order valence-electron chi connectivity index (χ2n) is 5.36. The number of nitrogens with zero attached hydrogens (tertiary/aromatic N) is 3. The molecule has 21 heavy (non-hydrogen) atoms. The van der Waals surface area contributed by atoms with E-state index in [0.717, 1.165) is 32.6 Å². The molecule has 2 rings (SSSR count). The molecule has 1 aromatic heterocycles. The van der Waals surface area contributed by atoms with Gasteiger partial charge in [-0.3, -0.25) is 0 Å². The van der Waals surface area contributed by atoms with Gasteiger partial charge in [-0.15, -0.1) is 0 Å². The van der Waals surface area contributed by atoms with E-state index in [4.69, 9.17) is 0 Å². The highest BCUT2D eigenvalue weighted by Gasteiger charge is 2.29. The van der Waals surface area contributed by atoms with E-state index in [1.807, 2.05) is 11.5 Å². The molecule has 7 heteroatoms. The van der Waals surface area contributed by atoms with Crippen molar-refractivity contribution in [3.8, 4) is 0 Å². The van der Waals surface area contributed by atoms with Gasteiger partial charge in [0.1, 0.15) is 4.90 Å². The van der Waals surface area contributed by atoms with Crippen molar-refractivity contribution in [3.63, 3.8) is 0 Å². The highest BCUT2D eigenvalue weighted by atomic mass is 32.2. The number of aromatic nitrogens is 1. The zero-order chi connectivity index (χ0) is 15.5. The lowest BCUT2D eigenvalue weighted by Crippen LogP contribution is -2.48. The summed E-state index contributed by atoms with van der Waals surface area (Å²) >= 11 is 0. The van der Waals surface area contributed by atoms with Crippen LogP contribution in [0, 0.1) is 0 Å². The molecule has 0 saturated carbocycles. The summed E-state index contributed by atoms with van der Waals surface area (Å²) in [6.45, 7) is 8.26. The molecule has 1 N–H and O–H groups in total. The molecule has 0 bridgehead atoms. The Balaban J connectivity index is 2.20. The minimum absolute atomic E-state index is 0.140. The van der Waals surface area contributed by atoms with Crippen molar-refractivity contribution in [3.05, 3.63) is 18.0 Å². The Morgan fingerprint density at radius 2 is 1.86 bits per heavy atom. The molecule has 120 valence electrons. The van der Waals surface area contributed by atoms with E-state index in [0.29, 0.717) is 23.7 Å². The van der Waals surface area contributed by atoms with Gasteiger partial charge in [-0.2, -0.15) is 4.31 Å². The number of piperazine rings is 1. The fraction of sp³-hybridized carbons (Fsp3) is 0.714. The van der Waals surface area contributed by atoms with Crippen molar-refractivity contribution in [2.75, 3.05) is 32.7 Å². The minimum Gasteiger partial charge on any atom is -0.390 e. The number of likely N-dealkylation sites (N-methyl/N-ethyl adjacent to an activating group) is 1. The van der Waals surface area contributed by atoms with Crippen LogP contribution in [0.4, 0.5) is 0 Å². The van der Waals surface area contributed by atoms with E-state index >= 15 is 0 Å². The molecule has 1 aliphatic rings. The molecule has 0 atom stereocenters. The number of rotatable bonds is 6. The van der Waals surface area contributed by atoms with Gasteiger partial charge in [0.25, 0.3) is 0 Å². The quantitative estimate of drug-likeness (QED) is 0.840. The van der Waals surface area contributed by atoms with Crippen LogP contribution < -0.4 is 0 Å². The largest absolute Gasteiger partial charge is 0.390 e. The highest BCUT2D eigenvalue weighted by molar-refractivity contribution is 7.89. The molecule has 2 heterocycles. The van der Waals surface area contributed by atoms with Crippen LogP contribution in [0.25, 0.3) is 0 Å². The number of sulfonamides is 1. The summed E-state index contributed by atoms with van der Waals surface area (Å²) in [6.07, 6.45) is 2.55. The van der Waals surface area contributed by atoms with Crippen molar-refractivity contribution in [1.82, 2.24) is 13.8 Å². The van der Waals surface area contributed by atoms with Gasteiger partial charge in [-0.25, -0.2) is 8.42 Å². The van der Waals surface area contributed by atoms with E-state index < -0.39 is 10.0 Å². The van der Waals surface area contributed by atoms with E-state index in [2.05, 4.69) is 11.8 Å². The fourth-order valence-electron chi connectivity index (χ4n) is 2.68. The average molecular weight is 315 g/mol. The van der Waals surface area contributed by atoms with Gasteiger partial charge in [-0.1, -0.05) is 13.8 Å². The summed E-state index contributed by atoms with van der Waals surface area (Å²) in [5, 5.41) is 9.37. The average Bonchev–Trinajstić information content (AvgIpc) is 2.91. The standard InChI is InChI=1S/C14H25N3O3S/c1-3-5-16-11-14(10-13(16)12-18)21(19,20)17-8-6-15(4-2)7-9-17/h10-11,18H,3-9,12H2,1-2H3. The third kappa shape index (κ3) is 3.48. The van der Waals surface area contributed by atoms with Crippen LogP contribution in [-0.2, 0) is 23.2 Å². The van der Waals surface area contributed by atoms with Crippen molar-refractivity contribution in [1.29, 1.82) is 0 Å². The van der Waals surface area contributed by atoms with Crippen LogP contribution in [0.15, 0.2) is 17.2 Å². The molecule has 0 amide bonds. The van der Waals surface area contributed by atoms with Crippen LogP contribution in [0.2, 0.25) is 0 Å². The van der Waals surface area contributed by atoms with E-state index in [1.165, 1.54) is 0 Å². The lowest BCUT2D eigenvalue weighted by molar-refractivity contribution is 0.196.